The highest BCUT2D eigenvalue weighted by Crippen LogP contribution is 2.17. The lowest BCUT2D eigenvalue weighted by molar-refractivity contribution is 0.145. The lowest BCUT2D eigenvalue weighted by Crippen LogP contribution is -2.37. The van der Waals surface area contributed by atoms with Crippen molar-refractivity contribution in [3.63, 3.8) is 0 Å². The van der Waals surface area contributed by atoms with Gasteiger partial charge in [0.1, 0.15) is 12.4 Å². The lowest BCUT2D eigenvalue weighted by atomic mass is 10.2. The normalized spacial score (nSPS) is 11.1. The van der Waals surface area contributed by atoms with Crippen LogP contribution in [0.3, 0.4) is 0 Å². The SMILES string of the molecule is C=CCOc1ccccc1CNC(=NC)NCCCOCC. The molecule has 22 heavy (non-hydrogen) atoms. The number of rotatable bonds is 10. The van der Waals surface area contributed by atoms with Crippen LogP contribution in [0.4, 0.5) is 0 Å². The molecule has 0 heterocycles. The molecule has 2 N–H and O–H groups in total. The third-order valence-electron chi connectivity index (χ3n) is 2.96. The van der Waals surface area contributed by atoms with Crippen molar-refractivity contribution in [3.05, 3.63) is 42.5 Å². The monoisotopic (exact) mass is 305 g/mol. The Labute approximate surface area is 133 Å². The summed E-state index contributed by atoms with van der Waals surface area (Å²) in [6.45, 7) is 9.17. The van der Waals surface area contributed by atoms with Gasteiger partial charge in [-0.2, -0.15) is 0 Å². The molecular weight excluding hydrogens is 278 g/mol. The zero-order chi connectivity index (χ0) is 16.0. The molecule has 0 aliphatic rings. The van der Waals surface area contributed by atoms with Crippen LogP contribution in [0, 0.1) is 0 Å². The minimum Gasteiger partial charge on any atom is -0.489 e. The summed E-state index contributed by atoms with van der Waals surface area (Å²) in [5, 5.41) is 6.55. The molecule has 0 saturated heterocycles. The van der Waals surface area contributed by atoms with E-state index in [0.717, 1.165) is 43.5 Å². The van der Waals surface area contributed by atoms with Gasteiger partial charge in [-0.1, -0.05) is 30.9 Å². The van der Waals surface area contributed by atoms with Crippen molar-refractivity contribution in [2.24, 2.45) is 4.99 Å². The van der Waals surface area contributed by atoms with E-state index in [1.807, 2.05) is 31.2 Å². The van der Waals surface area contributed by atoms with Gasteiger partial charge in [0.2, 0.25) is 0 Å². The maximum Gasteiger partial charge on any atom is 0.191 e. The third kappa shape index (κ3) is 7.13. The molecule has 1 rings (SSSR count). The summed E-state index contributed by atoms with van der Waals surface area (Å²) >= 11 is 0. The Morgan fingerprint density at radius 3 is 2.86 bits per heavy atom. The molecule has 1 aromatic rings. The predicted octanol–water partition coefficient (Wildman–Crippen LogP) is 2.34. The van der Waals surface area contributed by atoms with E-state index in [0.29, 0.717) is 13.2 Å². The molecule has 0 unspecified atom stereocenters. The maximum absolute atomic E-state index is 5.64. The van der Waals surface area contributed by atoms with Crippen molar-refractivity contribution in [2.75, 3.05) is 33.4 Å². The first-order chi connectivity index (χ1) is 10.8. The minimum absolute atomic E-state index is 0.501. The second-order valence-electron chi connectivity index (χ2n) is 4.61. The second kappa shape index (κ2) is 11.6. The number of hydrogen-bond donors (Lipinski definition) is 2. The fourth-order valence-electron chi connectivity index (χ4n) is 1.86. The van der Waals surface area contributed by atoms with Gasteiger partial charge in [0.25, 0.3) is 0 Å². The van der Waals surface area contributed by atoms with Gasteiger partial charge in [0.05, 0.1) is 0 Å². The highest BCUT2D eigenvalue weighted by Gasteiger charge is 2.03. The Kier molecular flexibility index (Phi) is 9.54. The average molecular weight is 305 g/mol. The first-order valence-electron chi connectivity index (χ1n) is 7.65. The van der Waals surface area contributed by atoms with Crippen molar-refractivity contribution < 1.29 is 9.47 Å². The van der Waals surface area contributed by atoms with Crippen molar-refractivity contribution in [1.82, 2.24) is 10.6 Å². The molecule has 0 spiro atoms. The summed E-state index contributed by atoms with van der Waals surface area (Å²) in [7, 11) is 1.76. The van der Waals surface area contributed by atoms with E-state index in [2.05, 4.69) is 22.2 Å². The molecule has 122 valence electrons. The number of para-hydroxylation sites is 1. The van der Waals surface area contributed by atoms with Gasteiger partial charge in [-0.15, -0.1) is 0 Å². The molecule has 0 bridgehead atoms. The Morgan fingerprint density at radius 2 is 2.14 bits per heavy atom. The maximum atomic E-state index is 5.64. The van der Waals surface area contributed by atoms with Crippen LogP contribution in [0.25, 0.3) is 0 Å². The molecular formula is C17H27N3O2. The Bertz CT molecular complexity index is 461. The number of hydrogen-bond acceptors (Lipinski definition) is 3. The van der Waals surface area contributed by atoms with Gasteiger partial charge in [0.15, 0.2) is 5.96 Å². The average Bonchev–Trinajstić information content (AvgIpc) is 2.56. The molecule has 0 amide bonds. The van der Waals surface area contributed by atoms with E-state index in [9.17, 15) is 0 Å². The van der Waals surface area contributed by atoms with E-state index >= 15 is 0 Å². The van der Waals surface area contributed by atoms with Crippen LogP contribution in [-0.2, 0) is 11.3 Å². The van der Waals surface area contributed by atoms with Gasteiger partial charge in [0, 0.05) is 38.9 Å². The van der Waals surface area contributed by atoms with Gasteiger partial charge in [-0.05, 0) is 19.4 Å². The quantitative estimate of drug-likeness (QED) is 0.301. The number of nitrogens with zero attached hydrogens (tertiary/aromatic N) is 1. The van der Waals surface area contributed by atoms with Crippen molar-refractivity contribution >= 4 is 5.96 Å². The Morgan fingerprint density at radius 1 is 1.32 bits per heavy atom. The molecule has 5 heteroatoms. The first-order valence-corrected chi connectivity index (χ1v) is 7.65. The molecule has 0 aliphatic carbocycles. The van der Waals surface area contributed by atoms with E-state index in [1.165, 1.54) is 0 Å². The van der Waals surface area contributed by atoms with Crippen LogP contribution in [0.2, 0.25) is 0 Å². The van der Waals surface area contributed by atoms with Gasteiger partial charge < -0.3 is 20.1 Å². The Balaban J connectivity index is 2.41. The largest absolute Gasteiger partial charge is 0.489 e. The number of benzene rings is 1. The van der Waals surface area contributed by atoms with Crippen LogP contribution in [0.1, 0.15) is 18.9 Å². The van der Waals surface area contributed by atoms with Gasteiger partial charge >= 0.3 is 0 Å². The number of ether oxygens (including phenoxy) is 2. The molecule has 0 aromatic heterocycles. The standard InChI is InChI=1S/C17H27N3O2/c1-4-12-22-16-10-7-6-9-15(16)14-20-17(18-3)19-11-8-13-21-5-2/h4,6-7,9-10H,1,5,8,11-14H2,2-3H3,(H2,18,19,20). The molecule has 0 aliphatic heterocycles. The van der Waals surface area contributed by atoms with Crippen molar-refractivity contribution in [2.45, 2.75) is 19.9 Å². The van der Waals surface area contributed by atoms with Crippen molar-refractivity contribution in [1.29, 1.82) is 0 Å². The van der Waals surface area contributed by atoms with Crippen LogP contribution in [0.5, 0.6) is 5.75 Å². The van der Waals surface area contributed by atoms with Crippen LogP contribution in [0.15, 0.2) is 41.9 Å². The zero-order valence-corrected chi connectivity index (χ0v) is 13.6. The molecule has 1 aromatic carbocycles. The summed E-state index contributed by atoms with van der Waals surface area (Å²) in [5.74, 6) is 1.64. The highest BCUT2D eigenvalue weighted by molar-refractivity contribution is 5.79. The van der Waals surface area contributed by atoms with Crippen LogP contribution < -0.4 is 15.4 Å². The second-order valence-corrected chi connectivity index (χ2v) is 4.61. The van der Waals surface area contributed by atoms with E-state index < -0.39 is 0 Å². The first kappa shape index (κ1) is 18.0. The van der Waals surface area contributed by atoms with Crippen molar-refractivity contribution in [3.8, 4) is 5.75 Å². The topological polar surface area (TPSA) is 54.9 Å². The van der Waals surface area contributed by atoms with E-state index in [4.69, 9.17) is 9.47 Å². The molecule has 0 fully saturated rings. The summed E-state index contributed by atoms with van der Waals surface area (Å²) in [6.07, 6.45) is 2.69. The predicted molar refractivity (Wildman–Crippen MR) is 91.4 cm³/mol. The molecule has 5 nitrogen and oxygen atoms in total. The van der Waals surface area contributed by atoms with E-state index in [1.54, 1.807) is 13.1 Å². The van der Waals surface area contributed by atoms with Gasteiger partial charge in [-0.3, -0.25) is 4.99 Å². The Hall–Kier alpha value is -2.01. The lowest BCUT2D eigenvalue weighted by Gasteiger charge is -2.14. The number of aliphatic imine (C=N–C) groups is 1. The van der Waals surface area contributed by atoms with Crippen LogP contribution in [-0.4, -0.2) is 39.4 Å². The van der Waals surface area contributed by atoms with E-state index in [-0.39, 0.29) is 0 Å². The summed E-state index contributed by atoms with van der Waals surface area (Å²) in [6, 6.07) is 7.95. The summed E-state index contributed by atoms with van der Waals surface area (Å²) in [5.41, 5.74) is 1.08. The summed E-state index contributed by atoms with van der Waals surface area (Å²) in [4.78, 5) is 4.21. The molecule has 0 saturated carbocycles. The molecule has 0 radical (unpaired) electrons. The zero-order valence-electron chi connectivity index (χ0n) is 13.6. The summed E-state index contributed by atoms with van der Waals surface area (Å²) < 4.78 is 10.9. The number of nitrogens with one attached hydrogen (secondary N) is 2. The highest BCUT2D eigenvalue weighted by atomic mass is 16.5. The number of guanidine groups is 1. The van der Waals surface area contributed by atoms with Gasteiger partial charge in [-0.25, -0.2) is 0 Å². The van der Waals surface area contributed by atoms with Crippen LogP contribution >= 0.6 is 0 Å². The fourth-order valence-corrected chi connectivity index (χ4v) is 1.86. The third-order valence-corrected chi connectivity index (χ3v) is 2.96. The smallest absolute Gasteiger partial charge is 0.191 e. The minimum atomic E-state index is 0.501. The molecule has 0 atom stereocenters. The fraction of sp³-hybridized carbons (Fsp3) is 0.471.